The minimum Gasteiger partial charge on any atom is -0.493 e. The number of hydrazone groups is 1. The van der Waals surface area contributed by atoms with E-state index < -0.39 is 10.1 Å². The fourth-order valence-corrected chi connectivity index (χ4v) is 4.29. The van der Waals surface area contributed by atoms with Gasteiger partial charge in [0.05, 0.1) is 13.3 Å². The van der Waals surface area contributed by atoms with Gasteiger partial charge in [0.2, 0.25) is 0 Å². The second-order valence-corrected chi connectivity index (χ2v) is 9.03. The van der Waals surface area contributed by atoms with Gasteiger partial charge in [0, 0.05) is 5.56 Å². The van der Waals surface area contributed by atoms with Gasteiger partial charge in [0.1, 0.15) is 4.90 Å². The number of ether oxygens (including phenoxy) is 1. The molecule has 0 aliphatic heterocycles. The first-order valence-electron chi connectivity index (χ1n) is 10.4. The maximum atomic E-state index is 12.6. The quantitative estimate of drug-likeness (QED) is 0.238. The Labute approximate surface area is 197 Å². The number of carbonyl (C=O) groups is 1. The highest BCUT2D eigenvalue weighted by atomic mass is 32.2. The van der Waals surface area contributed by atoms with Gasteiger partial charge < -0.3 is 8.92 Å². The summed E-state index contributed by atoms with van der Waals surface area (Å²) in [7, 11) is -2.62. The van der Waals surface area contributed by atoms with Crippen molar-refractivity contribution in [2.75, 3.05) is 7.11 Å². The topological polar surface area (TPSA) is 94.1 Å². The van der Waals surface area contributed by atoms with Crippen LogP contribution < -0.4 is 14.3 Å². The summed E-state index contributed by atoms with van der Waals surface area (Å²) in [4.78, 5) is 12.6. The maximum absolute atomic E-state index is 12.6. The fraction of sp³-hybridized carbons (Fsp3) is 0.0769. The van der Waals surface area contributed by atoms with Gasteiger partial charge in [-0.25, -0.2) is 5.43 Å². The molecule has 0 radical (unpaired) electrons. The third-order valence-corrected chi connectivity index (χ3v) is 6.36. The Balaban J connectivity index is 1.49. The highest BCUT2D eigenvalue weighted by Gasteiger charge is 2.19. The molecule has 0 fully saturated rings. The van der Waals surface area contributed by atoms with Crippen LogP contribution in [0.15, 0.2) is 94.9 Å². The second kappa shape index (κ2) is 9.76. The van der Waals surface area contributed by atoms with Gasteiger partial charge in [-0.1, -0.05) is 54.1 Å². The summed E-state index contributed by atoms with van der Waals surface area (Å²) < 4.78 is 35.8. The largest absolute Gasteiger partial charge is 0.493 e. The molecule has 0 aromatic heterocycles. The highest BCUT2D eigenvalue weighted by molar-refractivity contribution is 7.87. The number of nitrogens with one attached hydrogen (secondary N) is 1. The van der Waals surface area contributed by atoms with E-state index in [9.17, 15) is 13.2 Å². The van der Waals surface area contributed by atoms with Crippen LogP contribution in [-0.4, -0.2) is 27.6 Å². The SMILES string of the molecule is COc1cc(/C=N\NC(=O)c2cccc3ccccc23)ccc1OS(=O)(=O)c1ccc(C)cc1. The number of hydrogen-bond donors (Lipinski definition) is 1. The lowest BCUT2D eigenvalue weighted by atomic mass is 10.0. The van der Waals surface area contributed by atoms with Gasteiger partial charge in [-0.3, -0.25) is 4.79 Å². The normalized spacial score (nSPS) is 11.5. The number of hydrogen-bond acceptors (Lipinski definition) is 6. The number of aryl methyl sites for hydroxylation is 1. The molecule has 4 rings (SSSR count). The lowest BCUT2D eigenvalue weighted by Crippen LogP contribution is -2.17. The molecule has 0 aliphatic rings. The Kier molecular flexibility index (Phi) is 6.60. The lowest BCUT2D eigenvalue weighted by Gasteiger charge is -2.11. The van der Waals surface area contributed by atoms with E-state index in [4.69, 9.17) is 8.92 Å². The van der Waals surface area contributed by atoms with Crippen molar-refractivity contribution in [2.45, 2.75) is 11.8 Å². The minimum absolute atomic E-state index is 0.0417. The van der Waals surface area contributed by atoms with Crippen molar-refractivity contribution in [3.8, 4) is 11.5 Å². The van der Waals surface area contributed by atoms with E-state index in [2.05, 4.69) is 10.5 Å². The third-order valence-electron chi connectivity index (χ3n) is 5.11. The van der Waals surface area contributed by atoms with Crippen LogP contribution in [-0.2, 0) is 10.1 Å². The van der Waals surface area contributed by atoms with Gasteiger partial charge >= 0.3 is 10.1 Å². The van der Waals surface area contributed by atoms with Crippen molar-refractivity contribution in [1.82, 2.24) is 5.43 Å². The van der Waals surface area contributed by atoms with Crippen LogP contribution >= 0.6 is 0 Å². The van der Waals surface area contributed by atoms with Crippen molar-refractivity contribution in [3.05, 3.63) is 102 Å². The lowest BCUT2D eigenvalue weighted by molar-refractivity contribution is 0.0956. The van der Waals surface area contributed by atoms with Crippen molar-refractivity contribution in [2.24, 2.45) is 5.10 Å². The van der Waals surface area contributed by atoms with Crippen LogP contribution in [0.3, 0.4) is 0 Å². The average molecular weight is 475 g/mol. The Morgan fingerprint density at radius 3 is 2.41 bits per heavy atom. The predicted octanol–water partition coefficient (Wildman–Crippen LogP) is 4.69. The molecule has 0 saturated heterocycles. The van der Waals surface area contributed by atoms with Crippen LogP contribution in [0.1, 0.15) is 21.5 Å². The summed E-state index contributed by atoms with van der Waals surface area (Å²) >= 11 is 0. The van der Waals surface area contributed by atoms with Crippen molar-refractivity contribution in [3.63, 3.8) is 0 Å². The summed E-state index contributed by atoms with van der Waals surface area (Å²) in [6, 6.07) is 24.1. The monoisotopic (exact) mass is 474 g/mol. The zero-order chi connectivity index (χ0) is 24.1. The van der Waals surface area contributed by atoms with Gasteiger partial charge in [-0.05, 0) is 59.7 Å². The number of carbonyl (C=O) groups excluding carboxylic acids is 1. The Bertz CT molecular complexity index is 1470. The van der Waals surface area contributed by atoms with Crippen LogP contribution in [0.5, 0.6) is 11.5 Å². The van der Waals surface area contributed by atoms with Crippen LogP contribution in [0.25, 0.3) is 10.8 Å². The molecule has 1 amide bonds. The van der Waals surface area contributed by atoms with E-state index in [1.54, 1.807) is 30.3 Å². The van der Waals surface area contributed by atoms with E-state index in [1.165, 1.54) is 31.5 Å². The summed E-state index contributed by atoms with van der Waals surface area (Å²) in [6.07, 6.45) is 1.43. The molecule has 8 heteroatoms. The van der Waals surface area contributed by atoms with Crippen molar-refractivity contribution < 1.29 is 22.1 Å². The number of methoxy groups -OCH3 is 1. The Morgan fingerprint density at radius 1 is 0.912 bits per heavy atom. The molecule has 0 atom stereocenters. The molecular formula is C26H22N2O5S. The molecule has 1 N–H and O–H groups in total. The van der Waals surface area contributed by atoms with Crippen molar-refractivity contribution in [1.29, 1.82) is 0 Å². The molecule has 7 nitrogen and oxygen atoms in total. The maximum Gasteiger partial charge on any atom is 0.339 e. The minimum atomic E-state index is -4.02. The summed E-state index contributed by atoms with van der Waals surface area (Å²) in [5.41, 5.74) is 4.55. The van der Waals surface area contributed by atoms with Crippen LogP contribution in [0.2, 0.25) is 0 Å². The Hall–Kier alpha value is -4.17. The van der Waals surface area contributed by atoms with E-state index in [1.807, 2.05) is 43.3 Å². The van der Waals surface area contributed by atoms with E-state index >= 15 is 0 Å². The molecule has 172 valence electrons. The number of amides is 1. The zero-order valence-corrected chi connectivity index (χ0v) is 19.4. The first-order chi connectivity index (χ1) is 16.4. The molecule has 0 spiro atoms. The first-order valence-corrected chi connectivity index (χ1v) is 11.8. The van der Waals surface area contributed by atoms with E-state index in [0.717, 1.165) is 16.3 Å². The van der Waals surface area contributed by atoms with Crippen LogP contribution in [0.4, 0.5) is 0 Å². The average Bonchev–Trinajstić information content (AvgIpc) is 2.84. The summed E-state index contributed by atoms with van der Waals surface area (Å²) in [6.45, 7) is 1.87. The molecule has 0 unspecified atom stereocenters. The van der Waals surface area contributed by atoms with E-state index in [-0.39, 0.29) is 22.3 Å². The number of benzene rings is 4. The molecular weight excluding hydrogens is 452 g/mol. The number of fused-ring (bicyclic) bond motifs is 1. The van der Waals surface area contributed by atoms with Crippen molar-refractivity contribution >= 4 is 33.0 Å². The first kappa shape index (κ1) is 23.0. The molecule has 4 aromatic rings. The molecule has 4 aromatic carbocycles. The zero-order valence-electron chi connectivity index (χ0n) is 18.6. The third kappa shape index (κ3) is 5.07. The van der Waals surface area contributed by atoms with Gasteiger partial charge in [0.15, 0.2) is 11.5 Å². The number of rotatable bonds is 7. The predicted molar refractivity (Wildman–Crippen MR) is 131 cm³/mol. The highest BCUT2D eigenvalue weighted by Crippen LogP contribution is 2.30. The molecule has 34 heavy (non-hydrogen) atoms. The summed E-state index contributed by atoms with van der Waals surface area (Å²) in [5, 5.41) is 5.81. The van der Waals surface area contributed by atoms with Gasteiger partial charge in [-0.2, -0.15) is 13.5 Å². The van der Waals surface area contributed by atoms with Crippen LogP contribution in [0, 0.1) is 6.92 Å². The standard InChI is InChI=1S/C26H22N2O5S/c1-18-10-13-21(14-11-18)34(30,31)33-24-15-12-19(16-25(24)32-2)17-27-28-26(29)23-9-5-7-20-6-3-4-8-22(20)23/h3-17H,1-2H3,(H,28,29)/b27-17-. The molecule has 0 saturated carbocycles. The second-order valence-electron chi connectivity index (χ2n) is 7.49. The fourth-order valence-electron chi connectivity index (χ4n) is 3.35. The van der Waals surface area contributed by atoms with Gasteiger partial charge in [0.25, 0.3) is 5.91 Å². The number of nitrogens with zero attached hydrogens (tertiary/aromatic N) is 1. The van der Waals surface area contributed by atoms with E-state index in [0.29, 0.717) is 11.1 Å². The molecule has 0 aliphatic carbocycles. The smallest absolute Gasteiger partial charge is 0.339 e. The Morgan fingerprint density at radius 2 is 1.65 bits per heavy atom. The summed E-state index contributed by atoms with van der Waals surface area (Å²) in [5.74, 6) is -0.0933. The molecule has 0 heterocycles. The van der Waals surface area contributed by atoms with Gasteiger partial charge in [-0.15, -0.1) is 0 Å². The molecule has 0 bridgehead atoms.